The summed E-state index contributed by atoms with van der Waals surface area (Å²) in [4.78, 5) is 15.5. The largest absolute Gasteiger partial charge is 0.339 e. The first-order chi connectivity index (χ1) is 9.15. The van der Waals surface area contributed by atoms with Crippen LogP contribution in [0.3, 0.4) is 0 Å². The highest BCUT2D eigenvalue weighted by atomic mass is 79.9. The van der Waals surface area contributed by atoms with Gasteiger partial charge in [0.15, 0.2) is 0 Å². The van der Waals surface area contributed by atoms with E-state index < -0.39 is 0 Å². The Bertz CT molecular complexity index is 587. The molecule has 0 unspecified atom stereocenters. The molecule has 0 N–H and O–H groups in total. The van der Waals surface area contributed by atoms with Gasteiger partial charge in [-0.2, -0.15) is 0 Å². The molecule has 100 valence electrons. The van der Waals surface area contributed by atoms with Crippen LogP contribution in [0.4, 0.5) is 0 Å². The summed E-state index contributed by atoms with van der Waals surface area (Å²) < 4.78 is 3.09. The van der Waals surface area contributed by atoms with Crippen molar-refractivity contribution in [2.75, 3.05) is 7.05 Å². The normalized spacial score (nSPS) is 14.6. The molecule has 1 saturated carbocycles. The molecule has 19 heavy (non-hydrogen) atoms. The van der Waals surface area contributed by atoms with E-state index in [4.69, 9.17) is 0 Å². The fourth-order valence-corrected chi connectivity index (χ4v) is 3.37. The lowest BCUT2D eigenvalue weighted by Gasteiger charge is -2.17. The molecule has 2 aromatic heterocycles. The second-order valence-corrected chi connectivity index (χ2v) is 6.87. The molecule has 5 heteroatoms. The standard InChI is InChI=1S/C14H15BrN2OS/c1-16(9-12-3-2-6-19-12)14(18)13-7-10(15)8-17(13)11-4-5-11/h2-3,6-8,11H,4-5,9H2,1H3. The Balaban J connectivity index is 1.79. The Morgan fingerprint density at radius 1 is 1.58 bits per heavy atom. The fraction of sp³-hybridized carbons (Fsp3) is 0.357. The molecule has 2 heterocycles. The van der Waals surface area contributed by atoms with Crippen LogP contribution in [0.5, 0.6) is 0 Å². The molecule has 3 nitrogen and oxygen atoms in total. The number of nitrogens with zero attached hydrogens (tertiary/aromatic N) is 2. The minimum absolute atomic E-state index is 0.0889. The SMILES string of the molecule is CN(Cc1cccs1)C(=O)c1cc(Br)cn1C1CC1. The van der Waals surface area contributed by atoms with Crippen LogP contribution in [-0.4, -0.2) is 22.4 Å². The van der Waals surface area contributed by atoms with Gasteiger partial charge in [-0.25, -0.2) is 0 Å². The van der Waals surface area contributed by atoms with Gasteiger partial charge in [-0.3, -0.25) is 4.79 Å². The second-order valence-electron chi connectivity index (χ2n) is 4.92. The van der Waals surface area contributed by atoms with E-state index in [1.54, 1.807) is 16.2 Å². The number of hydrogen-bond acceptors (Lipinski definition) is 2. The summed E-state index contributed by atoms with van der Waals surface area (Å²) in [5.41, 5.74) is 0.786. The van der Waals surface area contributed by atoms with Crippen molar-refractivity contribution in [1.29, 1.82) is 0 Å². The van der Waals surface area contributed by atoms with Crippen LogP contribution in [0, 0.1) is 0 Å². The summed E-state index contributed by atoms with van der Waals surface area (Å²) >= 11 is 5.15. The highest BCUT2D eigenvalue weighted by molar-refractivity contribution is 9.10. The Morgan fingerprint density at radius 3 is 3.00 bits per heavy atom. The number of hydrogen-bond donors (Lipinski definition) is 0. The summed E-state index contributed by atoms with van der Waals surface area (Å²) in [6, 6.07) is 6.51. The number of rotatable bonds is 4. The predicted octanol–water partition coefficient (Wildman–Crippen LogP) is 3.92. The van der Waals surface area contributed by atoms with Crippen molar-refractivity contribution in [2.45, 2.75) is 25.4 Å². The zero-order valence-corrected chi connectivity index (χ0v) is 13.1. The first-order valence-electron chi connectivity index (χ1n) is 6.30. The molecule has 2 aromatic rings. The lowest BCUT2D eigenvalue weighted by Crippen LogP contribution is -2.27. The van der Waals surface area contributed by atoms with Crippen LogP contribution in [0.15, 0.2) is 34.2 Å². The maximum atomic E-state index is 12.5. The zero-order chi connectivity index (χ0) is 13.4. The lowest BCUT2D eigenvalue weighted by molar-refractivity contribution is 0.0775. The number of carbonyl (C=O) groups excluding carboxylic acids is 1. The quantitative estimate of drug-likeness (QED) is 0.829. The summed E-state index contributed by atoms with van der Waals surface area (Å²) in [5.74, 6) is 0.0889. The number of thiophene rings is 1. The Labute approximate surface area is 125 Å². The van der Waals surface area contributed by atoms with E-state index in [0.717, 1.165) is 10.2 Å². The molecule has 0 spiro atoms. The third-order valence-corrected chi connectivity index (χ3v) is 4.59. The molecular formula is C14H15BrN2OS. The van der Waals surface area contributed by atoms with Crippen molar-refractivity contribution >= 4 is 33.2 Å². The van der Waals surface area contributed by atoms with Gasteiger partial charge in [-0.1, -0.05) is 6.07 Å². The second kappa shape index (κ2) is 5.13. The van der Waals surface area contributed by atoms with Gasteiger partial charge in [-0.05, 0) is 46.3 Å². The van der Waals surface area contributed by atoms with E-state index in [0.29, 0.717) is 12.6 Å². The van der Waals surface area contributed by atoms with Gasteiger partial charge in [0.05, 0.1) is 6.54 Å². The molecule has 1 aliphatic rings. The molecule has 1 fully saturated rings. The topological polar surface area (TPSA) is 25.2 Å². The van der Waals surface area contributed by atoms with Crippen LogP contribution < -0.4 is 0 Å². The van der Waals surface area contributed by atoms with Crippen LogP contribution in [0.25, 0.3) is 0 Å². The molecule has 1 amide bonds. The number of amides is 1. The highest BCUT2D eigenvalue weighted by Crippen LogP contribution is 2.37. The maximum absolute atomic E-state index is 12.5. The van der Waals surface area contributed by atoms with Gasteiger partial charge >= 0.3 is 0 Å². The van der Waals surface area contributed by atoms with Crippen LogP contribution in [0.1, 0.15) is 34.2 Å². The third-order valence-electron chi connectivity index (χ3n) is 3.29. The van der Waals surface area contributed by atoms with Crippen molar-refractivity contribution in [3.8, 4) is 0 Å². The molecule has 3 rings (SSSR count). The van der Waals surface area contributed by atoms with Gasteiger partial charge in [0.25, 0.3) is 5.91 Å². The summed E-state index contributed by atoms with van der Waals surface area (Å²) in [5, 5.41) is 2.04. The maximum Gasteiger partial charge on any atom is 0.270 e. The molecule has 1 aliphatic carbocycles. The van der Waals surface area contributed by atoms with Crippen molar-refractivity contribution in [3.05, 3.63) is 44.8 Å². The van der Waals surface area contributed by atoms with Gasteiger partial charge in [0.1, 0.15) is 5.69 Å². The van der Waals surface area contributed by atoms with Crippen molar-refractivity contribution < 1.29 is 4.79 Å². The monoisotopic (exact) mass is 338 g/mol. The molecule has 0 atom stereocenters. The molecular weight excluding hydrogens is 324 g/mol. The smallest absolute Gasteiger partial charge is 0.270 e. The predicted molar refractivity (Wildman–Crippen MR) is 80.5 cm³/mol. The van der Waals surface area contributed by atoms with Gasteiger partial charge in [0, 0.05) is 28.6 Å². The average Bonchev–Trinajstić information content (AvgIpc) is 2.97. The molecule has 0 saturated heterocycles. The van der Waals surface area contributed by atoms with E-state index in [2.05, 4.69) is 26.6 Å². The minimum atomic E-state index is 0.0889. The minimum Gasteiger partial charge on any atom is -0.339 e. The van der Waals surface area contributed by atoms with E-state index in [1.807, 2.05) is 30.8 Å². The Morgan fingerprint density at radius 2 is 2.37 bits per heavy atom. The lowest BCUT2D eigenvalue weighted by atomic mass is 10.3. The summed E-state index contributed by atoms with van der Waals surface area (Å²) in [6.07, 6.45) is 4.37. The molecule has 0 aliphatic heterocycles. The zero-order valence-electron chi connectivity index (χ0n) is 10.7. The number of aromatic nitrogens is 1. The van der Waals surface area contributed by atoms with Crippen molar-refractivity contribution in [3.63, 3.8) is 0 Å². The van der Waals surface area contributed by atoms with E-state index >= 15 is 0 Å². The molecule has 0 aromatic carbocycles. The van der Waals surface area contributed by atoms with E-state index in [-0.39, 0.29) is 5.91 Å². The first-order valence-corrected chi connectivity index (χ1v) is 7.97. The number of carbonyl (C=O) groups is 1. The fourth-order valence-electron chi connectivity index (χ4n) is 2.18. The van der Waals surface area contributed by atoms with Crippen LogP contribution in [-0.2, 0) is 6.54 Å². The van der Waals surface area contributed by atoms with Crippen molar-refractivity contribution in [2.24, 2.45) is 0 Å². The average molecular weight is 339 g/mol. The third kappa shape index (κ3) is 2.77. The van der Waals surface area contributed by atoms with Crippen LogP contribution in [0.2, 0.25) is 0 Å². The van der Waals surface area contributed by atoms with Crippen molar-refractivity contribution in [1.82, 2.24) is 9.47 Å². The van der Waals surface area contributed by atoms with Gasteiger partial charge in [0.2, 0.25) is 0 Å². The van der Waals surface area contributed by atoms with Gasteiger partial charge < -0.3 is 9.47 Å². The van der Waals surface area contributed by atoms with Crippen LogP contribution >= 0.6 is 27.3 Å². The summed E-state index contributed by atoms with van der Waals surface area (Å²) in [7, 11) is 1.86. The Kier molecular flexibility index (Phi) is 3.50. The van der Waals surface area contributed by atoms with E-state index in [9.17, 15) is 4.79 Å². The Hall–Kier alpha value is -1.07. The van der Waals surface area contributed by atoms with E-state index in [1.165, 1.54) is 17.7 Å². The molecule has 0 radical (unpaired) electrons. The van der Waals surface area contributed by atoms with Gasteiger partial charge in [-0.15, -0.1) is 11.3 Å². The number of halogens is 1. The summed E-state index contributed by atoms with van der Waals surface area (Å²) in [6.45, 7) is 0.671. The first kappa shape index (κ1) is 12.9. The molecule has 0 bridgehead atoms. The highest BCUT2D eigenvalue weighted by Gasteiger charge is 2.28.